The molecule has 1 amide bonds. The molecule has 0 bridgehead atoms. The zero-order valence-corrected chi connectivity index (χ0v) is 14.4. The van der Waals surface area contributed by atoms with E-state index >= 15 is 0 Å². The number of piperidine rings is 1. The molecular weight excluding hydrogens is 355 g/mol. The van der Waals surface area contributed by atoms with Crippen molar-refractivity contribution in [2.75, 3.05) is 13.7 Å². The molecule has 6 nitrogen and oxygen atoms in total. The van der Waals surface area contributed by atoms with Crippen molar-refractivity contribution in [3.63, 3.8) is 0 Å². The Kier molecular flexibility index (Phi) is 4.87. The van der Waals surface area contributed by atoms with E-state index in [0.717, 1.165) is 5.56 Å². The van der Waals surface area contributed by atoms with E-state index in [1.807, 2.05) is 0 Å². The van der Waals surface area contributed by atoms with Crippen LogP contribution in [0.15, 0.2) is 33.6 Å². The first kappa shape index (κ1) is 16.9. The fraction of sp³-hybridized carbons (Fsp3) is 0.375. The minimum absolute atomic E-state index is 0.00148. The lowest BCUT2D eigenvalue weighted by atomic mass is 9.86. The first-order valence-corrected chi connectivity index (χ1v) is 8.23. The molecule has 2 atom stereocenters. The largest absolute Gasteiger partial charge is 0.453 e. The third kappa shape index (κ3) is 3.30. The van der Waals surface area contributed by atoms with Gasteiger partial charge in [-0.1, -0.05) is 29.3 Å². The van der Waals surface area contributed by atoms with Gasteiger partial charge in [-0.05, 0) is 30.5 Å². The number of H-pyrrole nitrogens is 1. The number of nitrogens with zero attached hydrogens (tertiary/aromatic N) is 1. The molecule has 0 radical (unpaired) electrons. The number of rotatable bonds is 2. The van der Waals surface area contributed by atoms with Crippen LogP contribution in [-0.2, 0) is 4.74 Å². The molecule has 1 N–H and O–H groups in total. The number of nitrogens with one attached hydrogen (secondary N) is 1. The summed E-state index contributed by atoms with van der Waals surface area (Å²) < 4.78 is 10.1. The van der Waals surface area contributed by atoms with Crippen molar-refractivity contribution in [2.24, 2.45) is 0 Å². The Bertz CT molecular complexity index is 801. The van der Waals surface area contributed by atoms with Crippen LogP contribution in [0.5, 0.6) is 0 Å². The van der Waals surface area contributed by atoms with Crippen LogP contribution in [0.25, 0.3) is 0 Å². The van der Waals surface area contributed by atoms with Crippen molar-refractivity contribution in [3.8, 4) is 0 Å². The number of hydrogen-bond acceptors (Lipinski definition) is 4. The third-order valence-corrected chi connectivity index (χ3v) is 4.84. The van der Waals surface area contributed by atoms with Crippen molar-refractivity contribution in [1.82, 2.24) is 10.1 Å². The zero-order chi connectivity index (χ0) is 17.3. The van der Waals surface area contributed by atoms with Crippen molar-refractivity contribution in [3.05, 3.63) is 56.0 Å². The van der Waals surface area contributed by atoms with Gasteiger partial charge in [0.15, 0.2) is 0 Å². The first-order chi connectivity index (χ1) is 11.5. The van der Waals surface area contributed by atoms with Gasteiger partial charge in [0.05, 0.1) is 13.2 Å². The third-order valence-electron chi connectivity index (χ3n) is 4.28. The van der Waals surface area contributed by atoms with Gasteiger partial charge in [0, 0.05) is 28.6 Å². The molecule has 2 aromatic rings. The molecule has 1 aromatic heterocycles. The highest BCUT2D eigenvalue weighted by molar-refractivity contribution is 6.35. The summed E-state index contributed by atoms with van der Waals surface area (Å²) in [5.74, 6) is 0.584. The second kappa shape index (κ2) is 6.91. The van der Waals surface area contributed by atoms with Gasteiger partial charge in [0.2, 0.25) is 0 Å². The number of halogens is 2. The van der Waals surface area contributed by atoms with Gasteiger partial charge < -0.3 is 14.2 Å². The SMILES string of the molecule is COC(=O)N1CC[C@@H](c2cc(=O)[nH]o2)C[C@@H]1c1ccc(Cl)cc1Cl. The molecule has 0 spiro atoms. The normalized spacial score (nSPS) is 20.9. The monoisotopic (exact) mass is 370 g/mol. The van der Waals surface area contributed by atoms with E-state index in [-0.39, 0.29) is 17.5 Å². The fourth-order valence-electron chi connectivity index (χ4n) is 3.12. The van der Waals surface area contributed by atoms with Crippen LogP contribution in [0.2, 0.25) is 10.0 Å². The lowest BCUT2D eigenvalue weighted by Crippen LogP contribution is -2.40. The van der Waals surface area contributed by atoms with Gasteiger partial charge in [-0.3, -0.25) is 4.79 Å². The topological polar surface area (TPSA) is 75.5 Å². The number of amides is 1. The molecule has 128 valence electrons. The van der Waals surface area contributed by atoms with Crippen LogP contribution in [-0.4, -0.2) is 29.8 Å². The predicted molar refractivity (Wildman–Crippen MR) is 89.6 cm³/mol. The minimum Gasteiger partial charge on any atom is -0.453 e. The summed E-state index contributed by atoms with van der Waals surface area (Å²) in [5.41, 5.74) is 0.510. The number of ether oxygens (including phenoxy) is 1. The smallest absolute Gasteiger partial charge is 0.409 e. The number of aromatic amines is 1. The molecule has 0 aliphatic carbocycles. The Labute approximate surface area is 148 Å². The van der Waals surface area contributed by atoms with Crippen molar-refractivity contribution in [2.45, 2.75) is 24.8 Å². The quantitative estimate of drug-likeness (QED) is 0.867. The molecule has 2 heterocycles. The van der Waals surface area contributed by atoms with Crippen LogP contribution in [0.4, 0.5) is 4.79 Å². The maximum absolute atomic E-state index is 12.1. The van der Waals surface area contributed by atoms with E-state index in [0.29, 0.717) is 35.2 Å². The van der Waals surface area contributed by atoms with E-state index < -0.39 is 6.09 Å². The van der Waals surface area contributed by atoms with Crippen molar-refractivity contribution < 1.29 is 14.1 Å². The van der Waals surface area contributed by atoms with Crippen LogP contribution >= 0.6 is 23.2 Å². The van der Waals surface area contributed by atoms with E-state index in [4.69, 9.17) is 32.5 Å². The summed E-state index contributed by atoms with van der Waals surface area (Å²) >= 11 is 12.3. The number of carbonyl (C=O) groups excluding carboxylic acids is 1. The summed E-state index contributed by atoms with van der Waals surface area (Å²) in [4.78, 5) is 25.1. The van der Waals surface area contributed by atoms with Gasteiger partial charge in [0.25, 0.3) is 5.56 Å². The van der Waals surface area contributed by atoms with E-state index in [1.54, 1.807) is 23.1 Å². The van der Waals surface area contributed by atoms with Gasteiger partial charge in [-0.25, -0.2) is 4.79 Å². The molecule has 1 aromatic carbocycles. The summed E-state index contributed by atoms with van der Waals surface area (Å²) in [7, 11) is 1.35. The lowest BCUT2D eigenvalue weighted by Gasteiger charge is -2.38. The Balaban J connectivity index is 1.95. The molecule has 1 aliphatic rings. The average Bonchev–Trinajstić information content (AvgIpc) is 3.00. The molecular formula is C16H16Cl2N2O4. The molecule has 1 fully saturated rings. The average molecular weight is 371 g/mol. The van der Waals surface area contributed by atoms with Gasteiger partial charge in [-0.15, -0.1) is 0 Å². The number of likely N-dealkylation sites (tertiary alicyclic amines) is 1. The summed E-state index contributed by atoms with van der Waals surface area (Å²) in [6.07, 6.45) is 0.814. The molecule has 8 heteroatoms. The van der Waals surface area contributed by atoms with Crippen LogP contribution in [0, 0.1) is 0 Å². The molecule has 3 rings (SSSR count). The Morgan fingerprint density at radius 3 is 2.79 bits per heavy atom. The number of hydrogen-bond donors (Lipinski definition) is 1. The summed E-state index contributed by atoms with van der Waals surface area (Å²) in [6.45, 7) is 0.468. The number of carbonyl (C=O) groups is 1. The zero-order valence-electron chi connectivity index (χ0n) is 12.9. The van der Waals surface area contributed by atoms with Crippen LogP contribution in [0.3, 0.4) is 0 Å². The predicted octanol–water partition coefficient (Wildman–Crippen LogP) is 3.96. The van der Waals surface area contributed by atoms with Gasteiger partial charge >= 0.3 is 6.09 Å². The molecule has 1 aliphatic heterocycles. The maximum atomic E-state index is 12.1. The lowest BCUT2D eigenvalue weighted by molar-refractivity contribution is 0.0815. The highest BCUT2D eigenvalue weighted by Crippen LogP contribution is 2.41. The van der Waals surface area contributed by atoms with E-state index in [2.05, 4.69) is 5.16 Å². The van der Waals surface area contributed by atoms with Crippen LogP contribution < -0.4 is 5.56 Å². The van der Waals surface area contributed by atoms with Gasteiger partial charge in [0.1, 0.15) is 5.76 Å². The summed E-state index contributed by atoms with van der Waals surface area (Å²) in [6, 6.07) is 6.34. The van der Waals surface area contributed by atoms with Crippen molar-refractivity contribution in [1.29, 1.82) is 0 Å². The van der Waals surface area contributed by atoms with Crippen molar-refractivity contribution >= 4 is 29.3 Å². The standard InChI is InChI=1S/C16H16Cl2N2O4/c1-23-16(22)20-5-4-9(14-8-15(21)19-24-14)6-13(20)11-3-2-10(17)7-12(11)18/h2-3,7-9,13H,4-6H2,1H3,(H,19,21)/t9-,13-/m1/s1. The number of methoxy groups -OCH3 is 1. The van der Waals surface area contributed by atoms with Crippen LogP contribution in [0.1, 0.15) is 36.1 Å². The second-order valence-corrected chi connectivity index (χ2v) is 6.53. The van der Waals surface area contributed by atoms with Gasteiger partial charge in [-0.2, -0.15) is 5.16 Å². The molecule has 1 saturated heterocycles. The number of benzene rings is 1. The molecule has 0 saturated carbocycles. The highest BCUT2D eigenvalue weighted by Gasteiger charge is 2.36. The Morgan fingerprint density at radius 1 is 1.38 bits per heavy atom. The molecule has 24 heavy (non-hydrogen) atoms. The molecule has 0 unspecified atom stereocenters. The summed E-state index contributed by atoms with van der Waals surface area (Å²) in [5, 5.41) is 3.31. The first-order valence-electron chi connectivity index (χ1n) is 7.47. The Hall–Kier alpha value is -1.92. The number of aromatic nitrogens is 1. The minimum atomic E-state index is -0.417. The van der Waals surface area contributed by atoms with E-state index in [1.165, 1.54) is 13.2 Å². The highest BCUT2D eigenvalue weighted by atomic mass is 35.5. The second-order valence-electron chi connectivity index (χ2n) is 5.68. The van der Waals surface area contributed by atoms with E-state index in [9.17, 15) is 9.59 Å². The maximum Gasteiger partial charge on any atom is 0.409 e. The Morgan fingerprint density at radius 2 is 2.17 bits per heavy atom. The fourth-order valence-corrected chi connectivity index (χ4v) is 3.66.